The molecule has 0 saturated carbocycles. The molecular weight excluding hydrogens is 256 g/mol. The summed E-state index contributed by atoms with van der Waals surface area (Å²) in [5.74, 6) is -0.223. The molecule has 0 unspecified atom stereocenters. The summed E-state index contributed by atoms with van der Waals surface area (Å²) < 4.78 is 1.72. The van der Waals surface area contributed by atoms with Crippen molar-refractivity contribution < 1.29 is 9.90 Å². The van der Waals surface area contributed by atoms with Gasteiger partial charge in [0.05, 0.1) is 17.8 Å². The van der Waals surface area contributed by atoms with Crippen molar-refractivity contribution in [3.05, 3.63) is 41.3 Å². The maximum Gasteiger partial charge on any atom is 0.335 e. The number of carboxylic acids is 1. The first-order valence-electron chi connectivity index (χ1n) is 6.43. The Hall–Kier alpha value is -2.37. The summed E-state index contributed by atoms with van der Waals surface area (Å²) in [6, 6.07) is 5.05. The van der Waals surface area contributed by atoms with Crippen LogP contribution in [0.2, 0.25) is 0 Å². The van der Waals surface area contributed by atoms with E-state index in [2.05, 4.69) is 15.4 Å². The lowest BCUT2D eigenvalue weighted by Crippen LogP contribution is -2.08. The summed E-state index contributed by atoms with van der Waals surface area (Å²) in [6.45, 7) is 4.47. The monoisotopic (exact) mass is 274 g/mol. The van der Waals surface area contributed by atoms with Crippen LogP contribution in [-0.2, 0) is 13.6 Å². The highest BCUT2D eigenvalue weighted by atomic mass is 16.4. The second-order valence-corrected chi connectivity index (χ2v) is 4.96. The van der Waals surface area contributed by atoms with Crippen LogP contribution in [0.3, 0.4) is 0 Å². The summed E-state index contributed by atoms with van der Waals surface area (Å²) >= 11 is 0. The van der Waals surface area contributed by atoms with Crippen LogP contribution >= 0.6 is 0 Å². The normalized spacial score (nSPS) is 10.8. The number of pyridine rings is 1. The van der Waals surface area contributed by atoms with Crippen LogP contribution < -0.4 is 5.32 Å². The van der Waals surface area contributed by atoms with Crippen molar-refractivity contribution in [2.45, 2.75) is 26.3 Å². The predicted octanol–water partition coefficient (Wildman–Crippen LogP) is 2.25. The summed E-state index contributed by atoms with van der Waals surface area (Å²) in [7, 11) is 1.85. The molecule has 2 N–H and O–H groups in total. The van der Waals surface area contributed by atoms with Crippen molar-refractivity contribution in [3.8, 4) is 0 Å². The number of nitrogens with one attached hydrogen (secondary N) is 1. The lowest BCUT2D eigenvalue weighted by molar-refractivity contribution is 0.0696. The van der Waals surface area contributed by atoms with E-state index in [1.54, 1.807) is 10.7 Å². The molecule has 2 aromatic heterocycles. The van der Waals surface area contributed by atoms with E-state index in [-0.39, 0.29) is 11.5 Å². The first kappa shape index (κ1) is 14.0. The summed E-state index contributed by atoms with van der Waals surface area (Å²) in [5.41, 5.74) is 1.88. The molecular formula is C14H18N4O2. The van der Waals surface area contributed by atoms with Gasteiger partial charge in [-0.25, -0.2) is 9.78 Å². The molecule has 0 amide bonds. The molecule has 0 aliphatic heterocycles. The number of aryl methyl sites for hydroxylation is 1. The molecule has 0 aliphatic carbocycles. The number of nitrogens with zero attached hydrogens (tertiary/aromatic N) is 3. The smallest absolute Gasteiger partial charge is 0.335 e. The molecule has 2 rings (SSSR count). The number of rotatable bonds is 5. The van der Waals surface area contributed by atoms with E-state index in [9.17, 15) is 4.79 Å². The zero-order valence-corrected chi connectivity index (χ0v) is 11.8. The number of aromatic carboxylic acids is 1. The van der Waals surface area contributed by atoms with Crippen molar-refractivity contribution >= 4 is 11.8 Å². The van der Waals surface area contributed by atoms with Gasteiger partial charge in [-0.3, -0.25) is 4.68 Å². The third kappa shape index (κ3) is 3.34. The average molecular weight is 274 g/mol. The van der Waals surface area contributed by atoms with Crippen LogP contribution in [0.5, 0.6) is 0 Å². The van der Waals surface area contributed by atoms with Gasteiger partial charge in [0.15, 0.2) is 0 Å². The number of carbonyl (C=O) groups is 1. The lowest BCUT2D eigenvalue weighted by Gasteiger charge is -2.10. The molecule has 0 radical (unpaired) electrons. The predicted molar refractivity (Wildman–Crippen MR) is 75.8 cm³/mol. The van der Waals surface area contributed by atoms with E-state index in [4.69, 9.17) is 5.11 Å². The second kappa shape index (κ2) is 5.73. The fourth-order valence-corrected chi connectivity index (χ4v) is 1.80. The van der Waals surface area contributed by atoms with E-state index in [1.165, 1.54) is 6.07 Å². The zero-order chi connectivity index (χ0) is 14.7. The topological polar surface area (TPSA) is 80.0 Å². The molecule has 0 spiro atoms. The van der Waals surface area contributed by atoms with Crippen molar-refractivity contribution in [3.63, 3.8) is 0 Å². The molecule has 2 aromatic rings. The van der Waals surface area contributed by atoms with Crippen LogP contribution in [0, 0.1) is 0 Å². The Kier molecular flexibility index (Phi) is 4.02. The maximum atomic E-state index is 11.1. The van der Waals surface area contributed by atoms with Gasteiger partial charge in [-0.1, -0.05) is 13.8 Å². The van der Waals surface area contributed by atoms with Gasteiger partial charge in [-0.2, -0.15) is 5.10 Å². The SMILES string of the molecule is CC(C)c1cc(C(=O)O)cc(NCc2ccn(C)n2)n1. The Labute approximate surface area is 117 Å². The van der Waals surface area contributed by atoms with E-state index >= 15 is 0 Å². The van der Waals surface area contributed by atoms with Gasteiger partial charge in [0.25, 0.3) is 0 Å². The number of hydrogen-bond donors (Lipinski definition) is 2. The number of carboxylic acid groups (broad SMARTS) is 1. The molecule has 106 valence electrons. The average Bonchev–Trinajstić information content (AvgIpc) is 2.81. The second-order valence-electron chi connectivity index (χ2n) is 4.96. The molecule has 0 bridgehead atoms. The van der Waals surface area contributed by atoms with Gasteiger partial charge in [-0.05, 0) is 24.1 Å². The minimum atomic E-state index is -0.949. The van der Waals surface area contributed by atoms with Crippen LogP contribution in [0.15, 0.2) is 24.4 Å². The summed E-state index contributed by atoms with van der Waals surface area (Å²) in [4.78, 5) is 15.6. The molecule has 0 aliphatic rings. The number of aromatic nitrogens is 3. The molecule has 2 heterocycles. The highest BCUT2D eigenvalue weighted by Gasteiger charge is 2.11. The molecule has 6 nitrogen and oxygen atoms in total. The van der Waals surface area contributed by atoms with Crippen molar-refractivity contribution in [1.29, 1.82) is 0 Å². The fraction of sp³-hybridized carbons (Fsp3) is 0.357. The van der Waals surface area contributed by atoms with Gasteiger partial charge < -0.3 is 10.4 Å². The third-order valence-corrected chi connectivity index (χ3v) is 2.90. The Morgan fingerprint density at radius 1 is 1.45 bits per heavy atom. The van der Waals surface area contributed by atoms with Gasteiger partial charge in [0.2, 0.25) is 0 Å². The Morgan fingerprint density at radius 3 is 2.75 bits per heavy atom. The highest BCUT2D eigenvalue weighted by Crippen LogP contribution is 2.18. The Morgan fingerprint density at radius 2 is 2.20 bits per heavy atom. The minimum absolute atomic E-state index is 0.171. The lowest BCUT2D eigenvalue weighted by atomic mass is 10.1. The quantitative estimate of drug-likeness (QED) is 0.874. The molecule has 0 fully saturated rings. The van der Waals surface area contributed by atoms with Gasteiger partial charge in [0, 0.05) is 18.9 Å². The third-order valence-electron chi connectivity index (χ3n) is 2.90. The molecule has 6 heteroatoms. The number of hydrogen-bond acceptors (Lipinski definition) is 4. The summed E-state index contributed by atoms with van der Waals surface area (Å²) in [6.07, 6.45) is 1.86. The first-order chi connectivity index (χ1) is 9.45. The van der Waals surface area contributed by atoms with Gasteiger partial charge >= 0.3 is 5.97 Å². The van der Waals surface area contributed by atoms with E-state index < -0.39 is 5.97 Å². The first-order valence-corrected chi connectivity index (χ1v) is 6.43. The maximum absolute atomic E-state index is 11.1. The molecule has 20 heavy (non-hydrogen) atoms. The molecule has 0 atom stereocenters. The minimum Gasteiger partial charge on any atom is -0.478 e. The molecule has 0 saturated heterocycles. The zero-order valence-electron chi connectivity index (χ0n) is 11.8. The highest BCUT2D eigenvalue weighted by molar-refractivity contribution is 5.88. The van der Waals surface area contributed by atoms with E-state index in [0.717, 1.165) is 11.4 Å². The van der Waals surface area contributed by atoms with Crippen molar-refractivity contribution in [2.75, 3.05) is 5.32 Å². The van der Waals surface area contributed by atoms with Crippen LogP contribution in [0.4, 0.5) is 5.82 Å². The Bertz CT molecular complexity index is 619. The standard InChI is InChI=1S/C14H18N4O2/c1-9(2)12-6-10(14(19)20)7-13(16-12)15-8-11-4-5-18(3)17-11/h4-7,9H,8H2,1-3H3,(H,15,16)(H,19,20). The molecule has 0 aromatic carbocycles. The van der Waals surface area contributed by atoms with Crippen LogP contribution in [-0.4, -0.2) is 25.8 Å². The Balaban J connectivity index is 2.19. The van der Waals surface area contributed by atoms with E-state index in [0.29, 0.717) is 12.4 Å². The summed E-state index contributed by atoms with van der Waals surface area (Å²) in [5, 5.41) is 16.5. The fourth-order valence-electron chi connectivity index (χ4n) is 1.80. The van der Waals surface area contributed by atoms with Gasteiger partial charge in [0.1, 0.15) is 5.82 Å². The largest absolute Gasteiger partial charge is 0.478 e. The van der Waals surface area contributed by atoms with Crippen molar-refractivity contribution in [1.82, 2.24) is 14.8 Å². The van der Waals surface area contributed by atoms with Gasteiger partial charge in [-0.15, -0.1) is 0 Å². The number of anilines is 1. The van der Waals surface area contributed by atoms with Crippen LogP contribution in [0.1, 0.15) is 41.5 Å². The van der Waals surface area contributed by atoms with Crippen molar-refractivity contribution in [2.24, 2.45) is 7.05 Å². The van der Waals surface area contributed by atoms with E-state index in [1.807, 2.05) is 33.2 Å². The van der Waals surface area contributed by atoms with Crippen LogP contribution in [0.25, 0.3) is 0 Å².